The van der Waals surface area contributed by atoms with Crippen molar-refractivity contribution < 1.29 is 17.9 Å². The number of primary sulfonamides is 1. The van der Waals surface area contributed by atoms with Crippen LogP contribution in [0.3, 0.4) is 0 Å². The zero-order chi connectivity index (χ0) is 16.6. The lowest BCUT2D eigenvalue weighted by atomic mass is 10.1. The van der Waals surface area contributed by atoms with Gasteiger partial charge in [-0.15, -0.1) is 12.4 Å². The van der Waals surface area contributed by atoms with E-state index in [9.17, 15) is 13.2 Å². The first-order chi connectivity index (χ1) is 10.4. The van der Waals surface area contributed by atoms with Gasteiger partial charge in [0.15, 0.2) is 0 Å². The molecule has 0 aliphatic rings. The molecule has 0 saturated carbocycles. The van der Waals surface area contributed by atoms with Crippen molar-refractivity contribution in [2.75, 3.05) is 19.0 Å². The van der Waals surface area contributed by atoms with Crippen LogP contribution in [0.25, 0.3) is 0 Å². The minimum absolute atomic E-state index is 0. The number of ether oxygens (including phenoxy) is 1. The summed E-state index contributed by atoms with van der Waals surface area (Å²) in [4.78, 5) is 11.8. The predicted molar refractivity (Wildman–Crippen MR) is 92.4 cm³/mol. The number of anilines is 1. The summed E-state index contributed by atoms with van der Waals surface area (Å²) in [6.07, 6.45) is 3.98. The van der Waals surface area contributed by atoms with E-state index in [2.05, 4.69) is 5.32 Å². The lowest BCUT2D eigenvalue weighted by Crippen LogP contribution is -2.15. The first-order valence-corrected chi connectivity index (χ1v) is 8.64. The molecule has 1 aromatic rings. The Hall–Kier alpha value is -1.35. The van der Waals surface area contributed by atoms with Gasteiger partial charge in [0.2, 0.25) is 15.9 Å². The summed E-state index contributed by atoms with van der Waals surface area (Å²) in [6, 6.07) is 4.08. The van der Waals surface area contributed by atoms with Crippen LogP contribution in [0.15, 0.2) is 23.1 Å². The largest absolute Gasteiger partial charge is 0.495 e. The molecule has 0 heterocycles. The summed E-state index contributed by atoms with van der Waals surface area (Å²) in [5.41, 5.74) is 5.69. The van der Waals surface area contributed by atoms with Crippen LogP contribution in [-0.2, 0) is 14.8 Å². The molecule has 0 atom stereocenters. The SMILES string of the molecule is COc1ccc(S(N)(=O)=O)cc1NC(=O)CCCCCCN.Cl. The van der Waals surface area contributed by atoms with Gasteiger partial charge in [0, 0.05) is 6.42 Å². The minimum atomic E-state index is -3.83. The summed E-state index contributed by atoms with van der Waals surface area (Å²) in [7, 11) is -2.39. The molecule has 1 rings (SSSR count). The van der Waals surface area contributed by atoms with E-state index in [1.54, 1.807) is 0 Å². The molecular formula is C14H24ClN3O4S. The van der Waals surface area contributed by atoms with Crippen molar-refractivity contribution in [1.29, 1.82) is 0 Å². The number of benzene rings is 1. The molecule has 1 aromatic carbocycles. The lowest BCUT2D eigenvalue weighted by Gasteiger charge is -2.11. The van der Waals surface area contributed by atoms with Crippen molar-refractivity contribution >= 4 is 34.0 Å². The average Bonchev–Trinajstić information content (AvgIpc) is 2.46. The molecule has 0 bridgehead atoms. The number of halogens is 1. The Kier molecular flexibility index (Phi) is 9.82. The molecule has 5 N–H and O–H groups in total. The quantitative estimate of drug-likeness (QED) is 0.573. The number of sulfonamides is 1. The van der Waals surface area contributed by atoms with E-state index in [-0.39, 0.29) is 23.2 Å². The third-order valence-corrected chi connectivity index (χ3v) is 4.04. The summed E-state index contributed by atoms with van der Waals surface area (Å²) < 4.78 is 27.8. The number of nitrogens with one attached hydrogen (secondary N) is 1. The van der Waals surface area contributed by atoms with Gasteiger partial charge in [0.1, 0.15) is 5.75 Å². The zero-order valence-electron chi connectivity index (χ0n) is 13.1. The normalized spacial score (nSPS) is 10.7. The molecule has 9 heteroatoms. The molecule has 132 valence electrons. The molecule has 1 amide bonds. The Morgan fingerprint density at radius 2 is 1.87 bits per heavy atom. The van der Waals surface area contributed by atoms with E-state index in [1.165, 1.54) is 25.3 Å². The Morgan fingerprint density at radius 3 is 2.43 bits per heavy atom. The summed E-state index contributed by atoms with van der Waals surface area (Å²) in [6.45, 7) is 0.656. The van der Waals surface area contributed by atoms with Crippen LogP contribution in [0.1, 0.15) is 32.1 Å². The molecule has 0 spiro atoms. The number of carbonyl (C=O) groups is 1. The van der Waals surface area contributed by atoms with Crippen molar-refractivity contribution in [3.8, 4) is 5.75 Å². The minimum Gasteiger partial charge on any atom is -0.495 e. The average molecular weight is 366 g/mol. The van der Waals surface area contributed by atoms with Crippen LogP contribution in [0.2, 0.25) is 0 Å². The van der Waals surface area contributed by atoms with Crippen molar-refractivity contribution in [1.82, 2.24) is 0 Å². The molecular weight excluding hydrogens is 342 g/mol. The topological polar surface area (TPSA) is 125 Å². The van der Waals surface area contributed by atoms with Gasteiger partial charge >= 0.3 is 0 Å². The number of amides is 1. The number of carbonyl (C=O) groups excluding carboxylic acids is 1. The van der Waals surface area contributed by atoms with E-state index < -0.39 is 10.0 Å². The van der Waals surface area contributed by atoms with Gasteiger partial charge in [0.05, 0.1) is 17.7 Å². The first kappa shape index (κ1) is 21.6. The number of nitrogens with two attached hydrogens (primary N) is 2. The predicted octanol–water partition coefficient (Wildman–Crippen LogP) is 1.61. The van der Waals surface area contributed by atoms with E-state index in [0.717, 1.165) is 25.7 Å². The second-order valence-corrected chi connectivity index (χ2v) is 6.47. The highest BCUT2D eigenvalue weighted by Crippen LogP contribution is 2.27. The Bertz CT molecular complexity index is 608. The van der Waals surface area contributed by atoms with Gasteiger partial charge in [-0.3, -0.25) is 4.79 Å². The molecule has 0 aliphatic heterocycles. The van der Waals surface area contributed by atoms with E-state index in [4.69, 9.17) is 15.6 Å². The highest BCUT2D eigenvalue weighted by atomic mass is 35.5. The van der Waals surface area contributed by atoms with Crippen LogP contribution in [-0.4, -0.2) is 28.0 Å². The fourth-order valence-corrected chi connectivity index (χ4v) is 2.50. The van der Waals surface area contributed by atoms with Gasteiger partial charge < -0.3 is 15.8 Å². The number of unbranched alkanes of at least 4 members (excludes halogenated alkanes) is 3. The fourth-order valence-electron chi connectivity index (χ4n) is 1.96. The standard InChI is InChI=1S/C14H23N3O4S.ClH/c1-21-13-8-7-11(22(16,19)20)10-12(13)17-14(18)6-4-2-3-5-9-15;/h7-8,10H,2-6,9,15H2,1H3,(H,17,18)(H2,16,19,20);1H. The van der Waals surface area contributed by atoms with E-state index >= 15 is 0 Å². The molecule has 7 nitrogen and oxygen atoms in total. The van der Waals surface area contributed by atoms with Crippen LogP contribution in [0, 0.1) is 0 Å². The smallest absolute Gasteiger partial charge is 0.238 e. The van der Waals surface area contributed by atoms with Crippen molar-refractivity contribution in [2.45, 2.75) is 37.0 Å². The maximum absolute atomic E-state index is 11.9. The zero-order valence-corrected chi connectivity index (χ0v) is 14.7. The summed E-state index contributed by atoms with van der Waals surface area (Å²) in [5.74, 6) is 0.182. The third kappa shape index (κ3) is 7.65. The number of hydrogen-bond acceptors (Lipinski definition) is 5. The van der Waals surface area contributed by atoms with Gasteiger partial charge in [-0.05, 0) is 37.6 Å². The second kappa shape index (κ2) is 10.4. The van der Waals surface area contributed by atoms with Gasteiger partial charge in [-0.25, -0.2) is 13.6 Å². The van der Waals surface area contributed by atoms with E-state index in [0.29, 0.717) is 24.4 Å². The van der Waals surface area contributed by atoms with Crippen LogP contribution >= 0.6 is 12.4 Å². The Labute approximate surface area is 143 Å². The lowest BCUT2D eigenvalue weighted by molar-refractivity contribution is -0.116. The fraction of sp³-hybridized carbons (Fsp3) is 0.500. The van der Waals surface area contributed by atoms with Crippen LogP contribution in [0.5, 0.6) is 5.75 Å². The Balaban J connectivity index is 0.00000484. The Morgan fingerprint density at radius 1 is 1.22 bits per heavy atom. The third-order valence-electron chi connectivity index (χ3n) is 3.13. The van der Waals surface area contributed by atoms with Crippen LogP contribution < -0.4 is 20.9 Å². The maximum Gasteiger partial charge on any atom is 0.238 e. The first-order valence-electron chi connectivity index (χ1n) is 7.09. The molecule has 0 aromatic heterocycles. The molecule has 0 radical (unpaired) electrons. The summed E-state index contributed by atoms with van der Waals surface area (Å²) >= 11 is 0. The van der Waals surface area contributed by atoms with Gasteiger partial charge in [-0.1, -0.05) is 12.8 Å². The summed E-state index contributed by atoms with van der Waals surface area (Å²) in [5, 5.41) is 7.74. The highest BCUT2D eigenvalue weighted by Gasteiger charge is 2.13. The highest BCUT2D eigenvalue weighted by molar-refractivity contribution is 7.89. The second-order valence-electron chi connectivity index (χ2n) is 4.91. The van der Waals surface area contributed by atoms with Gasteiger partial charge in [-0.2, -0.15) is 0 Å². The molecule has 0 fully saturated rings. The van der Waals surface area contributed by atoms with E-state index in [1.807, 2.05) is 0 Å². The van der Waals surface area contributed by atoms with Crippen molar-refractivity contribution in [2.24, 2.45) is 10.9 Å². The van der Waals surface area contributed by atoms with Crippen LogP contribution in [0.4, 0.5) is 5.69 Å². The maximum atomic E-state index is 11.9. The molecule has 0 unspecified atom stereocenters. The monoisotopic (exact) mass is 365 g/mol. The molecule has 0 saturated heterocycles. The van der Waals surface area contributed by atoms with Crippen molar-refractivity contribution in [3.05, 3.63) is 18.2 Å². The molecule has 0 aliphatic carbocycles. The number of rotatable bonds is 9. The number of methoxy groups -OCH3 is 1. The molecule has 23 heavy (non-hydrogen) atoms. The van der Waals surface area contributed by atoms with Crippen molar-refractivity contribution in [3.63, 3.8) is 0 Å². The number of hydrogen-bond donors (Lipinski definition) is 3. The van der Waals surface area contributed by atoms with Gasteiger partial charge in [0.25, 0.3) is 0 Å².